The SMILES string of the molecule is CCCCCCCCCCCCCCCC(=O)OCCOCCOCCOCCN(C)C. The van der Waals surface area contributed by atoms with Crippen molar-refractivity contribution in [3.63, 3.8) is 0 Å². The zero-order valence-electron chi connectivity index (χ0n) is 21.5. The van der Waals surface area contributed by atoms with Crippen LogP contribution in [0.4, 0.5) is 0 Å². The Labute approximate surface area is 198 Å². The van der Waals surface area contributed by atoms with Gasteiger partial charge >= 0.3 is 5.97 Å². The molecule has 0 aromatic heterocycles. The minimum absolute atomic E-state index is 0.109. The maximum absolute atomic E-state index is 11.7. The first-order valence-electron chi connectivity index (χ1n) is 13.2. The van der Waals surface area contributed by atoms with Gasteiger partial charge in [-0.1, -0.05) is 84.0 Å². The van der Waals surface area contributed by atoms with Gasteiger partial charge in [-0.25, -0.2) is 0 Å². The Morgan fingerprint density at radius 2 is 0.969 bits per heavy atom. The second kappa shape index (κ2) is 26.6. The van der Waals surface area contributed by atoms with Crippen LogP contribution in [0, 0.1) is 0 Å². The quantitative estimate of drug-likeness (QED) is 0.124. The highest BCUT2D eigenvalue weighted by Gasteiger charge is 2.02. The van der Waals surface area contributed by atoms with E-state index >= 15 is 0 Å². The van der Waals surface area contributed by atoms with Crippen molar-refractivity contribution in [2.24, 2.45) is 0 Å². The minimum atomic E-state index is -0.109. The van der Waals surface area contributed by atoms with E-state index in [1.54, 1.807) is 0 Å². The summed E-state index contributed by atoms with van der Waals surface area (Å²) in [6.07, 6.45) is 17.6. The standard InChI is InChI=1S/C26H53NO5/c1-4-5-6-7-8-9-10-11-12-13-14-15-16-17-26(28)32-25-24-31-23-22-30-21-20-29-19-18-27(2)3/h4-25H2,1-3H3. The van der Waals surface area contributed by atoms with Gasteiger partial charge in [0.25, 0.3) is 0 Å². The zero-order chi connectivity index (χ0) is 23.5. The number of hydrogen-bond acceptors (Lipinski definition) is 6. The first kappa shape index (κ1) is 31.3. The third-order valence-electron chi connectivity index (χ3n) is 5.40. The molecule has 0 unspecified atom stereocenters. The Kier molecular flexibility index (Phi) is 26.0. The molecule has 0 rings (SSSR count). The van der Waals surface area contributed by atoms with Crippen molar-refractivity contribution in [1.82, 2.24) is 4.90 Å². The number of carbonyl (C=O) groups is 1. The number of hydrogen-bond donors (Lipinski definition) is 0. The monoisotopic (exact) mass is 459 g/mol. The van der Waals surface area contributed by atoms with E-state index in [1.807, 2.05) is 14.1 Å². The van der Waals surface area contributed by atoms with Crippen LogP contribution in [0.5, 0.6) is 0 Å². The lowest BCUT2D eigenvalue weighted by atomic mass is 10.0. The molecule has 6 heteroatoms. The largest absolute Gasteiger partial charge is 0.463 e. The van der Waals surface area contributed by atoms with Gasteiger partial charge in [-0.05, 0) is 20.5 Å². The summed E-state index contributed by atoms with van der Waals surface area (Å²) in [7, 11) is 4.04. The molecule has 0 radical (unpaired) electrons. The predicted molar refractivity (Wildman–Crippen MR) is 132 cm³/mol. The van der Waals surface area contributed by atoms with Crippen LogP contribution < -0.4 is 0 Å². The van der Waals surface area contributed by atoms with Crippen LogP contribution in [-0.2, 0) is 23.7 Å². The number of carbonyl (C=O) groups excluding carboxylic acids is 1. The van der Waals surface area contributed by atoms with E-state index in [9.17, 15) is 4.79 Å². The number of likely N-dealkylation sites (N-methyl/N-ethyl adjacent to an activating group) is 1. The molecule has 0 amide bonds. The van der Waals surface area contributed by atoms with Crippen molar-refractivity contribution in [2.75, 3.05) is 66.9 Å². The molecule has 0 saturated carbocycles. The van der Waals surface area contributed by atoms with Gasteiger partial charge in [0.05, 0.1) is 39.6 Å². The molecular weight excluding hydrogens is 406 g/mol. The molecule has 0 heterocycles. The summed E-state index contributed by atoms with van der Waals surface area (Å²) in [6.45, 7) is 6.87. The Morgan fingerprint density at radius 1 is 0.562 bits per heavy atom. The summed E-state index contributed by atoms with van der Waals surface area (Å²) in [6, 6.07) is 0. The molecule has 6 nitrogen and oxygen atoms in total. The summed E-state index contributed by atoms with van der Waals surface area (Å²) >= 11 is 0. The van der Waals surface area contributed by atoms with Gasteiger partial charge in [-0.2, -0.15) is 0 Å². The average molecular weight is 460 g/mol. The number of ether oxygens (including phenoxy) is 4. The molecule has 0 aliphatic heterocycles. The molecule has 0 N–H and O–H groups in total. The molecule has 0 aliphatic rings. The van der Waals surface area contributed by atoms with E-state index in [0.29, 0.717) is 46.1 Å². The molecule has 32 heavy (non-hydrogen) atoms. The Hall–Kier alpha value is -0.690. The first-order chi connectivity index (χ1) is 15.7. The van der Waals surface area contributed by atoms with Crippen molar-refractivity contribution in [3.8, 4) is 0 Å². The van der Waals surface area contributed by atoms with Crippen LogP contribution in [0.15, 0.2) is 0 Å². The van der Waals surface area contributed by atoms with Gasteiger partial charge in [0.15, 0.2) is 0 Å². The van der Waals surface area contributed by atoms with Gasteiger partial charge < -0.3 is 23.8 Å². The molecule has 0 aromatic rings. The molecule has 192 valence electrons. The summed E-state index contributed by atoms with van der Waals surface area (Å²) in [4.78, 5) is 13.8. The van der Waals surface area contributed by atoms with Crippen molar-refractivity contribution in [3.05, 3.63) is 0 Å². The lowest BCUT2D eigenvalue weighted by Crippen LogP contribution is -2.19. The lowest BCUT2D eigenvalue weighted by Gasteiger charge is -2.10. The van der Waals surface area contributed by atoms with E-state index in [4.69, 9.17) is 18.9 Å². The van der Waals surface area contributed by atoms with Crippen LogP contribution >= 0.6 is 0 Å². The molecule has 0 atom stereocenters. The Balaban J connectivity index is 3.15. The van der Waals surface area contributed by atoms with E-state index in [2.05, 4.69) is 11.8 Å². The van der Waals surface area contributed by atoms with Crippen LogP contribution in [0.2, 0.25) is 0 Å². The van der Waals surface area contributed by atoms with Crippen molar-refractivity contribution < 1.29 is 23.7 Å². The lowest BCUT2D eigenvalue weighted by molar-refractivity contribution is -0.145. The molecule has 0 aromatic carbocycles. The summed E-state index contributed by atoms with van der Waals surface area (Å²) in [5.74, 6) is -0.109. The number of unbranched alkanes of at least 4 members (excludes halogenated alkanes) is 12. The number of esters is 1. The third-order valence-corrected chi connectivity index (χ3v) is 5.40. The molecular formula is C26H53NO5. The van der Waals surface area contributed by atoms with Crippen LogP contribution in [0.1, 0.15) is 96.8 Å². The molecule has 0 saturated heterocycles. The van der Waals surface area contributed by atoms with E-state index < -0.39 is 0 Å². The molecule has 0 fully saturated rings. The summed E-state index contributed by atoms with van der Waals surface area (Å²) in [5.41, 5.74) is 0. The minimum Gasteiger partial charge on any atom is -0.463 e. The second-order valence-corrected chi connectivity index (χ2v) is 8.85. The average Bonchev–Trinajstić information content (AvgIpc) is 2.77. The highest BCUT2D eigenvalue weighted by Crippen LogP contribution is 2.13. The fraction of sp³-hybridized carbons (Fsp3) is 0.962. The van der Waals surface area contributed by atoms with Crippen molar-refractivity contribution in [2.45, 2.75) is 96.8 Å². The van der Waals surface area contributed by atoms with Gasteiger partial charge in [0, 0.05) is 13.0 Å². The topological polar surface area (TPSA) is 57.2 Å². The third kappa shape index (κ3) is 27.3. The summed E-state index contributed by atoms with van der Waals surface area (Å²) < 4.78 is 21.5. The van der Waals surface area contributed by atoms with Crippen molar-refractivity contribution in [1.29, 1.82) is 0 Å². The summed E-state index contributed by atoms with van der Waals surface area (Å²) in [5, 5.41) is 0. The van der Waals surface area contributed by atoms with Gasteiger partial charge in [-0.3, -0.25) is 4.79 Å². The second-order valence-electron chi connectivity index (χ2n) is 8.85. The maximum atomic E-state index is 11.7. The highest BCUT2D eigenvalue weighted by atomic mass is 16.6. The maximum Gasteiger partial charge on any atom is 0.305 e. The van der Waals surface area contributed by atoms with Gasteiger partial charge in [0.1, 0.15) is 6.61 Å². The van der Waals surface area contributed by atoms with E-state index in [-0.39, 0.29) is 5.97 Å². The number of rotatable bonds is 26. The normalized spacial score (nSPS) is 11.4. The number of nitrogens with zero attached hydrogens (tertiary/aromatic N) is 1. The van der Waals surface area contributed by atoms with Gasteiger partial charge in [0.2, 0.25) is 0 Å². The van der Waals surface area contributed by atoms with E-state index in [0.717, 1.165) is 26.0 Å². The van der Waals surface area contributed by atoms with Crippen LogP contribution in [0.25, 0.3) is 0 Å². The molecule has 0 aliphatic carbocycles. The fourth-order valence-electron chi connectivity index (χ4n) is 3.36. The molecule has 0 bridgehead atoms. The van der Waals surface area contributed by atoms with Crippen molar-refractivity contribution >= 4 is 5.97 Å². The smallest absolute Gasteiger partial charge is 0.305 e. The Bertz CT molecular complexity index is 379. The Morgan fingerprint density at radius 3 is 1.44 bits per heavy atom. The van der Waals surface area contributed by atoms with Crippen LogP contribution in [-0.4, -0.2) is 77.8 Å². The fourth-order valence-corrected chi connectivity index (χ4v) is 3.36. The molecule has 0 spiro atoms. The van der Waals surface area contributed by atoms with E-state index in [1.165, 1.54) is 70.6 Å². The van der Waals surface area contributed by atoms with Gasteiger partial charge in [-0.15, -0.1) is 0 Å². The highest BCUT2D eigenvalue weighted by molar-refractivity contribution is 5.69. The zero-order valence-corrected chi connectivity index (χ0v) is 21.5. The van der Waals surface area contributed by atoms with Crippen LogP contribution in [0.3, 0.4) is 0 Å². The predicted octanol–water partition coefficient (Wildman–Crippen LogP) is 5.62. The first-order valence-corrected chi connectivity index (χ1v) is 13.2.